The van der Waals surface area contributed by atoms with Crippen molar-refractivity contribution in [3.8, 4) is 5.75 Å². The molecule has 4 N–H and O–H groups in total. The highest BCUT2D eigenvalue weighted by Gasteiger charge is 2.14. The van der Waals surface area contributed by atoms with Crippen molar-refractivity contribution in [3.63, 3.8) is 0 Å². The average molecular weight is 288 g/mol. The predicted octanol–water partition coefficient (Wildman–Crippen LogP) is 0.531. The Balaban J connectivity index is 1.95. The number of anilines is 1. The standard InChI is InChI=1S/C14H16N4O3/c1-21-10-4-2-9(3-5-10)11(19)8-18-14(20)12-13(15)17-7-6-16-12/h2-7,11,19H,8H2,1H3,(H2,15,17)(H,18,20). The average Bonchev–Trinajstić information content (AvgIpc) is 2.52. The van der Waals surface area contributed by atoms with E-state index >= 15 is 0 Å². The lowest BCUT2D eigenvalue weighted by Crippen LogP contribution is -2.29. The van der Waals surface area contributed by atoms with Gasteiger partial charge in [-0.15, -0.1) is 0 Å². The molecule has 0 fully saturated rings. The van der Waals surface area contributed by atoms with Crippen molar-refractivity contribution in [3.05, 3.63) is 47.9 Å². The van der Waals surface area contributed by atoms with E-state index in [0.29, 0.717) is 11.3 Å². The fourth-order valence-corrected chi connectivity index (χ4v) is 1.74. The van der Waals surface area contributed by atoms with Crippen LogP contribution in [0.4, 0.5) is 5.82 Å². The number of rotatable bonds is 5. The molecule has 0 aliphatic rings. The number of carbonyl (C=O) groups is 1. The molecule has 0 radical (unpaired) electrons. The predicted molar refractivity (Wildman–Crippen MR) is 76.7 cm³/mol. The molecule has 0 bridgehead atoms. The Labute approximate surface area is 121 Å². The molecule has 2 rings (SSSR count). The molecule has 0 saturated heterocycles. The Hall–Kier alpha value is -2.67. The molecule has 21 heavy (non-hydrogen) atoms. The highest BCUT2D eigenvalue weighted by Crippen LogP contribution is 2.17. The molecule has 1 atom stereocenters. The summed E-state index contributed by atoms with van der Waals surface area (Å²) in [7, 11) is 1.57. The first-order chi connectivity index (χ1) is 10.1. The summed E-state index contributed by atoms with van der Waals surface area (Å²) in [6, 6.07) is 6.93. The molecule has 0 aliphatic carbocycles. The second-order valence-electron chi connectivity index (χ2n) is 4.29. The molecule has 0 aliphatic heterocycles. The van der Waals surface area contributed by atoms with E-state index in [1.54, 1.807) is 31.4 Å². The van der Waals surface area contributed by atoms with E-state index in [1.807, 2.05) is 0 Å². The van der Waals surface area contributed by atoms with Crippen molar-refractivity contribution in [1.82, 2.24) is 15.3 Å². The Morgan fingerprint density at radius 2 is 2.00 bits per heavy atom. The number of ether oxygens (including phenoxy) is 1. The molecule has 1 unspecified atom stereocenters. The summed E-state index contributed by atoms with van der Waals surface area (Å²) in [6.45, 7) is 0.0428. The summed E-state index contributed by atoms with van der Waals surface area (Å²) >= 11 is 0. The topological polar surface area (TPSA) is 110 Å². The summed E-state index contributed by atoms with van der Waals surface area (Å²) in [6.07, 6.45) is 1.95. The van der Waals surface area contributed by atoms with Crippen LogP contribution in [-0.2, 0) is 0 Å². The van der Waals surface area contributed by atoms with Gasteiger partial charge in [0, 0.05) is 18.9 Å². The number of nitrogens with zero attached hydrogens (tertiary/aromatic N) is 2. The van der Waals surface area contributed by atoms with Gasteiger partial charge in [0.15, 0.2) is 11.5 Å². The second-order valence-corrected chi connectivity index (χ2v) is 4.29. The monoisotopic (exact) mass is 288 g/mol. The van der Waals surface area contributed by atoms with Gasteiger partial charge in [0.05, 0.1) is 13.2 Å². The Morgan fingerprint density at radius 3 is 2.62 bits per heavy atom. The Morgan fingerprint density at radius 1 is 1.33 bits per heavy atom. The molecular formula is C14H16N4O3. The molecule has 1 aromatic heterocycles. The van der Waals surface area contributed by atoms with Crippen LogP contribution in [0.1, 0.15) is 22.2 Å². The zero-order chi connectivity index (χ0) is 15.2. The van der Waals surface area contributed by atoms with Crippen LogP contribution < -0.4 is 15.8 Å². The Kier molecular flexibility index (Phi) is 4.68. The summed E-state index contributed by atoms with van der Waals surface area (Å²) in [4.78, 5) is 19.5. The smallest absolute Gasteiger partial charge is 0.273 e. The van der Waals surface area contributed by atoms with E-state index in [2.05, 4.69) is 15.3 Å². The van der Waals surface area contributed by atoms with Crippen molar-refractivity contribution in [2.45, 2.75) is 6.10 Å². The number of carbonyl (C=O) groups excluding carboxylic acids is 1. The minimum atomic E-state index is -0.835. The van der Waals surface area contributed by atoms with Crippen LogP contribution in [0.5, 0.6) is 5.75 Å². The third kappa shape index (κ3) is 3.67. The second kappa shape index (κ2) is 6.67. The van der Waals surface area contributed by atoms with E-state index in [-0.39, 0.29) is 18.1 Å². The quantitative estimate of drug-likeness (QED) is 0.740. The summed E-state index contributed by atoms with van der Waals surface area (Å²) in [5, 5.41) is 12.6. The molecule has 1 aromatic carbocycles. The van der Waals surface area contributed by atoms with Crippen LogP contribution in [-0.4, -0.2) is 34.6 Å². The number of nitrogens with two attached hydrogens (primary N) is 1. The third-order valence-electron chi connectivity index (χ3n) is 2.90. The minimum Gasteiger partial charge on any atom is -0.497 e. The van der Waals surface area contributed by atoms with Crippen LogP contribution in [0.25, 0.3) is 0 Å². The van der Waals surface area contributed by atoms with Gasteiger partial charge in [-0.25, -0.2) is 9.97 Å². The molecule has 0 spiro atoms. The van der Waals surface area contributed by atoms with Crippen LogP contribution in [0.15, 0.2) is 36.7 Å². The number of nitrogens with one attached hydrogen (secondary N) is 1. The van der Waals surface area contributed by atoms with Gasteiger partial charge < -0.3 is 20.9 Å². The number of aliphatic hydroxyl groups is 1. The van der Waals surface area contributed by atoms with Crippen molar-refractivity contribution < 1.29 is 14.6 Å². The van der Waals surface area contributed by atoms with Crippen molar-refractivity contribution in [2.75, 3.05) is 19.4 Å². The fourth-order valence-electron chi connectivity index (χ4n) is 1.74. The maximum atomic E-state index is 11.9. The van der Waals surface area contributed by atoms with Gasteiger partial charge in [-0.05, 0) is 17.7 Å². The van der Waals surface area contributed by atoms with Crippen LogP contribution in [0.2, 0.25) is 0 Å². The van der Waals surface area contributed by atoms with Gasteiger partial charge >= 0.3 is 0 Å². The van der Waals surface area contributed by atoms with Gasteiger partial charge in [0.25, 0.3) is 5.91 Å². The molecule has 110 valence electrons. The van der Waals surface area contributed by atoms with Gasteiger partial charge in [-0.3, -0.25) is 4.79 Å². The third-order valence-corrected chi connectivity index (χ3v) is 2.90. The highest BCUT2D eigenvalue weighted by atomic mass is 16.5. The largest absolute Gasteiger partial charge is 0.497 e. The number of aromatic nitrogens is 2. The number of benzene rings is 1. The molecule has 2 aromatic rings. The Bertz CT molecular complexity index is 616. The van der Waals surface area contributed by atoms with E-state index in [4.69, 9.17) is 10.5 Å². The molecular weight excluding hydrogens is 272 g/mol. The van der Waals surface area contributed by atoms with Gasteiger partial charge in [0.2, 0.25) is 0 Å². The van der Waals surface area contributed by atoms with E-state index in [1.165, 1.54) is 12.4 Å². The molecule has 1 heterocycles. The number of methoxy groups -OCH3 is 1. The van der Waals surface area contributed by atoms with E-state index in [9.17, 15) is 9.90 Å². The van der Waals surface area contributed by atoms with E-state index < -0.39 is 12.0 Å². The van der Waals surface area contributed by atoms with Gasteiger partial charge in [-0.2, -0.15) is 0 Å². The highest BCUT2D eigenvalue weighted by molar-refractivity contribution is 5.96. The summed E-state index contributed by atoms with van der Waals surface area (Å²) in [5.74, 6) is 0.268. The lowest BCUT2D eigenvalue weighted by atomic mass is 10.1. The SMILES string of the molecule is COc1ccc(C(O)CNC(=O)c2nccnc2N)cc1. The molecule has 7 heteroatoms. The normalized spacial score (nSPS) is 11.7. The van der Waals surface area contributed by atoms with E-state index in [0.717, 1.165) is 0 Å². The molecule has 0 saturated carbocycles. The van der Waals surface area contributed by atoms with Gasteiger partial charge in [0.1, 0.15) is 5.75 Å². The number of nitrogen functional groups attached to an aromatic ring is 1. The zero-order valence-electron chi connectivity index (χ0n) is 11.5. The van der Waals surface area contributed by atoms with Crippen LogP contribution in [0, 0.1) is 0 Å². The van der Waals surface area contributed by atoms with Gasteiger partial charge in [-0.1, -0.05) is 12.1 Å². The summed E-state index contributed by atoms with van der Waals surface area (Å²) < 4.78 is 5.04. The van der Waals surface area contributed by atoms with Crippen LogP contribution >= 0.6 is 0 Å². The fraction of sp³-hybridized carbons (Fsp3) is 0.214. The lowest BCUT2D eigenvalue weighted by Gasteiger charge is -2.13. The number of aliphatic hydroxyl groups excluding tert-OH is 1. The van der Waals surface area contributed by atoms with Crippen LogP contribution in [0.3, 0.4) is 0 Å². The number of hydrogen-bond acceptors (Lipinski definition) is 6. The van der Waals surface area contributed by atoms with Crippen molar-refractivity contribution in [2.24, 2.45) is 0 Å². The zero-order valence-corrected chi connectivity index (χ0v) is 11.5. The maximum absolute atomic E-state index is 11.9. The van der Waals surface area contributed by atoms with Crippen molar-refractivity contribution >= 4 is 11.7 Å². The molecule has 1 amide bonds. The minimum absolute atomic E-state index is 0.0411. The first-order valence-corrected chi connectivity index (χ1v) is 6.28. The maximum Gasteiger partial charge on any atom is 0.273 e. The lowest BCUT2D eigenvalue weighted by molar-refractivity contribution is 0.0912. The number of amides is 1. The summed E-state index contributed by atoms with van der Waals surface area (Å²) in [5.41, 5.74) is 6.27. The molecule has 7 nitrogen and oxygen atoms in total. The first kappa shape index (κ1) is 14.7. The van der Waals surface area contributed by atoms with Crippen molar-refractivity contribution in [1.29, 1.82) is 0 Å². The number of hydrogen-bond donors (Lipinski definition) is 3. The first-order valence-electron chi connectivity index (χ1n) is 6.28.